The standard InChI is InChI=1S/C32H36N2O4/c1-19(2)23-11-7-12-24(20(3)4)29(23)34-32(38)33-22-17-15-21(16-18-22)25-9-5-6-10-26(25)30(35)27-13-8-14-28(27)31(36)37/h5-7,9-12,15-20,27-28H,8,13-14H2,1-4H3,(H,36,37)(H2,33,34,38)/t27-,28-/m1/s1. The lowest BCUT2D eigenvalue weighted by molar-refractivity contribution is -0.142. The number of rotatable bonds is 8. The molecule has 0 radical (unpaired) electrons. The highest BCUT2D eigenvalue weighted by molar-refractivity contribution is 6.05. The third-order valence-electron chi connectivity index (χ3n) is 7.43. The molecule has 1 aliphatic rings. The van der Waals surface area contributed by atoms with Gasteiger partial charge in [-0.05, 0) is 59.1 Å². The number of hydrogen-bond acceptors (Lipinski definition) is 3. The molecule has 2 atom stereocenters. The number of carboxylic acid groups (broad SMARTS) is 1. The fourth-order valence-electron chi connectivity index (χ4n) is 5.42. The molecule has 6 nitrogen and oxygen atoms in total. The summed E-state index contributed by atoms with van der Waals surface area (Å²) in [6.07, 6.45) is 1.88. The first-order valence-corrected chi connectivity index (χ1v) is 13.3. The van der Waals surface area contributed by atoms with Crippen LogP contribution in [0.3, 0.4) is 0 Å². The normalized spacial score (nSPS) is 17.0. The first-order chi connectivity index (χ1) is 18.2. The molecule has 0 heterocycles. The van der Waals surface area contributed by atoms with Crippen molar-refractivity contribution < 1.29 is 19.5 Å². The second-order valence-corrected chi connectivity index (χ2v) is 10.7. The van der Waals surface area contributed by atoms with E-state index < -0.39 is 17.8 Å². The highest BCUT2D eigenvalue weighted by Gasteiger charge is 2.38. The van der Waals surface area contributed by atoms with Crippen LogP contribution in [-0.4, -0.2) is 22.9 Å². The van der Waals surface area contributed by atoms with Crippen LogP contribution in [0.15, 0.2) is 66.7 Å². The number of aliphatic carboxylic acids is 1. The molecule has 0 aliphatic heterocycles. The highest BCUT2D eigenvalue weighted by atomic mass is 16.4. The molecule has 0 aromatic heterocycles. The fraction of sp³-hybridized carbons (Fsp3) is 0.344. The second-order valence-electron chi connectivity index (χ2n) is 10.7. The SMILES string of the molecule is CC(C)c1cccc(C(C)C)c1NC(=O)Nc1ccc(-c2ccccc2C(=O)[C@@H]2CCC[C@H]2C(=O)O)cc1. The van der Waals surface area contributed by atoms with E-state index >= 15 is 0 Å². The van der Waals surface area contributed by atoms with Crippen LogP contribution in [0.2, 0.25) is 0 Å². The molecule has 3 aromatic rings. The number of anilines is 2. The van der Waals surface area contributed by atoms with E-state index in [4.69, 9.17) is 0 Å². The number of benzene rings is 3. The summed E-state index contributed by atoms with van der Waals surface area (Å²) < 4.78 is 0. The zero-order chi connectivity index (χ0) is 27.4. The molecule has 4 rings (SSSR count). The number of Topliss-reactive ketones (excluding diaryl/α,β-unsaturated/α-hetero) is 1. The molecule has 0 unspecified atom stereocenters. The van der Waals surface area contributed by atoms with Gasteiger partial charge >= 0.3 is 12.0 Å². The molecular formula is C32H36N2O4. The van der Waals surface area contributed by atoms with Gasteiger partial charge in [-0.15, -0.1) is 0 Å². The van der Waals surface area contributed by atoms with Crippen LogP contribution in [0.5, 0.6) is 0 Å². The van der Waals surface area contributed by atoms with E-state index in [2.05, 4.69) is 38.3 Å². The maximum absolute atomic E-state index is 13.4. The van der Waals surface area contributed by atoms with Crippen LogP contribution in [0.4, 0.5) is 16.2 Å². The molecule has 0 bridgehead atoms. The zero-order valence-electron chi connectivity index (χ0n) is 22.5. The number of carboxylic acids is 1. The molecule has 1 saturated carbocycles. The zero-order valence-corrected chi connectivity index (χ0v) is 22.5. The predicted octanol–water partition coefficient (Wildman–Crippen LogP) is 7.93. The number of carbonyl (C=O) groups is 3. The van der Waals surface area contributed by atoms with Crippen molar-refractivity contribution in [2.45, 2.75) is 58.8 Å². The van der Waals surface area contributed by atoms with E-state index in [1.54, 1.807) is 6.07 Å². The van der Waals surface area contributed by atoms with Crippen molar-refractivity contribution in [2.75, 3.05) is 10.6 Å². The van der Waals surface area contributed by atoms with Crippen LogP contribution in [-0.2, 0) is 4.79 Å². The molecule has 2 amide bonds. The summed E-state index contributed by atoms with van der Waals surface area (Å²) in [5, 5.41) is 15.5. The van der Waals surface area contributed by atoms with Crippen molar-refractivity contribution in [3.63, 3.8) is 0 Å². The van der Waals surface area contributed by atoms with Gasteiger partial charge in [-0.3, -0.25) is 9.59 Å². The molecule has 6 heteroatoms. The number of nitrogens with one attached hydrogen (secondary N) is 2. The van der Waals surface area contributed by atoms with Gasteiger partial charge in [-0.1, -0.05) is 88.7 Å². The Morgan fingerprint density at radius 3 is 1.97 bits per heavy atom. The third-order valence-corrected chi connectivity index (χ3v) is 7.43. The van der Waals surface area contributed by atoms with E-state index in [0.29, 0.717) is 24.1 Å². The summed E-state index contributed by atoms with van der Waals surface area (Å²) in [6, 6.07) is 20.5. The smallest absolute Gasteiger partial charge is 0.323 e. The number of para-hydroxylation sites is 1. The molecule has 0 saturated heterocycles. The lowest BCUT2D eigenvalue weighted by Crippen LogP contribution is -2.25. The van der Waals surface area contributed by atoms with E-state index in [9.17, 15) is 19.5 Å². The summed E-state index contributed by atoms with van der Waals surface area (Å²) >= 11 is 0. The van der Waals surface area contributed by atoms with E-state index in [1.165, 1.54) is 0 Å². The van der Waals surface area contributed by atoms with Gasteiger partial charge in [0, 0.05) is 22.9 Å². The Bertz CT molecular complexity index is 1300. The topological polar surface area (TPSA) is 95.5 Å². The predicted molar refractivity (Wildman–Crippen MR) is 152 cm³/mol. The Hall–Kier alpha value is -3.93. The van der Waals surface area contributed by atoms with E-state index in [1.807, 2.05) is 60.7 Å². The molecule has 1 aliphatic carbocycles. The largest absolute Gasteiger partial charge is 0.481 e. The average Bonchev–Trinajstić information content (AvgIpc) is 3.39. The van der Waals surface area contributed by atoms with Crippen LogP contribution in [0.1, 0.15) is 80.3 Å². The van der Waals surface area contributed by atoms with Crippen molar-refractivity contribution >= 4 is 29.2 Å². The molecule has 3 N–H and O–H groups in total. The minimum absolute atomic E-state index is 0.114. The second kappa shape index (κ2) is 11.6. The van der Waals surface area contributed by atoms with E-state index in [0.717, 1.165) is 34.4 Å². The van der Waals surface area contributed by atoms with Crippen LogP contribution in [0, 0.1) is 11.8 Å². The van der Waals surface area contributed by atoms with Gasteiger partial charge in [0.05, 0.1) is 5.92 Å². The van der Waals surface area contributed by atoms with Gasteiger partial charge < -0.3 is 15.7 Å². The summed E-state index contributed by atoms with van der Waals surface area (Å²) in [5.74, 6) is -1.61. The van der Waals surface area contributed by atoms with Crippen LogP contribution in [0.25, 0.3) is 11.1 Å². The Morgan fingerprint density at radius 2 is 1.37 bits per heavy atom. The van der Waals surface area contributed by atoms with Gasteiger partial charge in [0.25, 0.3) is 0 Å². The average molecular weight is 513 g/mol. The van der Waals surface area contributed by atoms with Crippen LogP contribution < -0.4 is 10.6 Å². The molecule has 38 heavy (non-hydrogen) atoms. The number of urea groups is 1. The third kappa shape index (κ3) is 5.80. The first kappa shape index (κ1) is 27.1. The number of hydrogen-bond donors (Lipinski definition) is 3. The van der Waals surface area contributed by atoms with Crippen molar-refractivity contribution in [3.8, 4) is 11.1 Å². The van der Waals surface area contributed by atoms with Gasteiger partial charge in [-0.25, -0.2) is 4.79 Å². The lowest BCUT2D eigenvalue weighted by Gasteiger charge is -2.20. The van der Waals surface area contributed by atoms with Gasteiger partial charge in [0.1, 0.15) is 0 Å². The molecule has 3 aromatic carbocycles. The fourth-order valence-corrected chi connectivity index (χ4v) is 5.42. The van der Waals surface area contributed by atoms with E-state index in [-0.39, 0.29) is 23.7 Å². The molecular weight excluding hydrogens is 476 g/mol. The molecule has 0 spiro atoms. The van der Waals surface area contributed by atoms with Gasteiger partial charge in [0.15, 0.2) is 5.78 Å². The Balaban J connectivity index is 1.52. The number of carbonyl (C=O) groups excluding carboxylic acids is 2. The molecule has 1 fully saturated rings. The minimum atomic E-state index is -0.899. The lowest BCUT2D eigenvalue weighted by atomic mass is 9.85. The highest BCUT2D eigenvalue weighted by Crippen LogP contribution is 2.37. The Kier molecular flexibility index (Phi) is 8.30. The number of ketones is 1. The maximum atomic E-state index is 13.4. The molecule has 198 valence electrons. The Labute approximate surface area is 224 Å². The summed E-state index contributed by atoms with van der Waals surface area (Å²) in [4.78, 5) is 38.0. The summed E-state index contributed by atoms with van der Waals surface area (Å²) in [6.45, 7) is 8.44. The van der Waals surface area contributed by atoms with Gasteiger partial charge in [-0.2, -0.15) is 0 Å². The number of amides is 2. The maximum Gasteiger partial charge on any atom is 0.323 e. The van der Waals surface area contributed by atoms with Gasteiger partial charge in [0.2, 0.25) is 0 Å². The Morgan fingerprint density at radius 1 is 0.763 bits per heavy atom. The monoisotopic (exact) mass is 512 g/mol. The summed E-state index contributed by atoms with van der Waals surface area (Å²) in [7, 11) is 0. The van der Waals surface area contributed by atoms with Crippen molar-refractivity contribution in [2.24, 2.45) is 11.8 Å². The first-order valence-electron chi connectivity index (χ1n) is 13.3. The van der Waals surface area contributed by atoms with Crippen molar-refractivity contribution in [1.82, 2.24) is 0 Å². The van der Waals surface area contributed by atoms with Crippen LogP contribution >= 0.6 is 0 Å². The van der Waals surface area contributed by atoms with Crippen molar-refractivity contribution in [1.29, 1.82) is 0 Å². The quantitative estimate of drug-likeness (QED) is 0.267. The van der Waals surface area contributed by atoms with Crippen molar-refractivity contribution in [3.05, 3.63) is 83.4 Å². The minimum Gasteiger partial charge on any atom is -0.481 e. The summed E-state index contributed by atoms with van der Waals surface area (Å²) in [5.41, 5.74) is 5.80.